The second-order valence-corrected chi connectivity index (χ2v) is 3.58. The molecule has 1 aromatic heterocycles. The van der Waals surface area contributed by atoms with Crippen molar-refractivity contribution in [3.63, 3.8) is 0 Å². The van der Waals surface area contributed by atoms with Gasteiger partial charge in [0.15, 0.2) is 0 Å². The van der Waals surface area contributed by atoms with Gasteiger partial charge in [-0.15, -0.1) is 0 Å². The number of aromatic hydroxyl groups is 1. The summed E-state index contributed by atoms with van der Waals surface area (Å²) in [7, 11) is 1.75. The van der Waals surface area contributed by atoms with E-state index in [1.807, 2.05) is 12.2 Å². The lowest BCUT2D eigenvalue weighted by Gasteiger charge is -2.10. The van der Waals surface area contributed by atoms with Crippen LogP contribution in [0.2, 0.25) is 0 Å². The molecule has 0 fully saturated rings. The van der Waals surface area contributed by atoms with Crippen molar-refractivity contribution in [3.05, 3.63) is 33.8 Å². The van der Waals surface area contributed by atoms with E-state index in [0.717, 1.165) is 30.5 Å². The van der Waals surface area contributed by atoms with Crippen molar-refractivity contribution in [2.24, 2.45) is 7.05 Å². The molecule has 0 unspecified atom stereocenters. The van der Waals surface area contributed by atoms with Crippen molar-refractivity contribution in [1.29, 1.82) is 0 Å². The first-order valence-electron chi connectivity index (χ1n) is 4.78. The normalized spacial score (nSPS) is 14.9. The van der Waals surface area contributed by atoms with Crippen LogP contribution in [-0.4, -0.2) is 9.67 Å². The molecule has 0 radical (unpaired) electrons. The van der Waals surface area contributed by atoms with Crippen LogP contribution in [0.4, 0.5) is 0 Å². The van der Waals surface area contributed by atoms with Gasteiger partial charge in [-0.05, 0) is 19.3 Å². The summed E-state index contributed by atoms with van der Waals surface area (Å²) in [5.41, 5.74) is 1.59. The quantitative estimate of drug-likeness (QED) is 0.674. The first-order valence-corrected chi connectivity index (χ1v) is 4.78. The molecule has 0 aromatic carbocycles. The highest BCUT2D eigenvalue weighted by Gasteiger charge is 2.12. The number of hydrogen-bond acceptors (Lipinski definition) is 2. The molecular weight excluding hydrogens is 178 g/mol. The molecule has 0 saturated heterocycles. The van der Waals surface area contributed by atoms with Crippen LogP contribution >= 0.6 is 0 Å². The maximum absolute atomic E-state index is 11.4. The van der Waals surface area contributed by atoms with E-state index in [9.17, 15) is 9.90 Å². The van der Waals surface area contributed by atoms with Gasteiger partial charge >= 0.3 is 0 Å². The topological polar surface area (TPSA) is 42.2 Å². The lowest BCUT2D eigenvalue weighted by Crippen LogP contribution is -2.20. The van der Waals surface area contributed by atoms with E-state index in [1.54, 1.807) is 11.6 Å². The third kappa shape index (κ3) is 1.35. The van der Waals surface area contributed by atoms with Gasteiger partial charge in [0.2, 0.25) is 0 Å². The second-order valence-electron chi connectivity index (χ2n) is 3.58. The average Bonchev–Trinajstić information content (AvgIpc) is 2.39. The van der Waals surface area contributed by atoms with Crippen molar-refractivity contribution in [3.8, 4) is 5.75 Å². The number of nitrogens with zero attached hydrogens (tertiary/aromatic N) is 1. The summed E-state index contributed by atoms with van der Waals surface area (Å²) < 4.78 is 1.62. The fraction of sp³-hybridized carbons (Fsp3) is 0.364. The molecule has 1 N–H and O–H groups in total. The van der Waals surface area contributed by atoms with Gasteiger partial charge in [0.25, 0.3) is 5.56 Å². The van der Waals surface area contributed by atoms with Crippen molar-refractivity contribution >= 4 is 6.08 Å². The third-order valence-corrected chi connectivity index (χ3v) is 2.65. The molecule has 74 valence electrons. The Kier molecular flexibility index (Phi) is 2.15. The number of allylic oxidation sites excluding steroid dienone is 1. The predicted molar refractivity (Wildman–Crippen MR) is 55.3 cm³/mol. The third-order valence-electron chi connectivity index (χ3n) is 2.65. The Hall–Kier alpha value is -1.51. The van der Waals surface area contributed by atoms with Crippen LogP contribution in [0.15, 0.2) is 16.9 Å². The maximum atomic E-state index is 11.4. The van der Waals surface area contributed by atoms with Crippen molar-refractivity contribution in [2.75, 3.05) is 0 Å². The standard InChI is InChI=1S/C11H13NO2/c1-12-9-6-4-2-3-5-8(9)10(13)7-11(12)14/h3,5,7,13H,2,4,6H2,1H3. The fourth-order valence-electron chi connectivity index (χ4n) is 1.83. The highest BCUT2D eigenvalue weighted by Crippen LogP contribution is 2.24. The zero-order chi connectivity index (χ0) is 10.1. The molecule has 3 nitrogen and oxygen atoms in total. The lowest BCUT2D eigenvalue weighted by atomic mass is 10.1. The van der Waals surface area contributed by atoms with Crippen molar-refractivity contribution in [1.82, 2.24) is 4.57 Å². The van der Waals surface area contributed by atoms with E-state index in [4.69, 9.17) is 0 Å². The maximum Gasteiger partial charge on any atom is 0.254 e. The number of fused-ring (bicyclic) bond motifs is 1. The van der Waals surface area contributed by atoms with E-state index in [2.05, 4.69) is 0 Å². The monoisotopic (exact) mass is 191 g/mol. The fourth-order valence-corrected chi connectivity index (χ4v) is 1.83. The number of hydrogen-bond donors (Lipinski definition) is 1. The summed E-state index contributed by atoms with van der Waals surface area (Å²) in [5, 5.41) is 9.62. The summed E-state index contributed by atoms with van der Waals surface area (Å²) in [4.78, 5) is 11.4. The van der Waals surface area contributed by atoms with Crippen LogP contribution in [0.3, 0.4) is 0 Å². The van der Waals surface area contributed by atoms with Crippen LogP contribution in [0.5, 0.6) is 5.75 Å². The van der Waals surface area contributed by atoms with Crippen molar-refractivity contribution < 1.29 is 5.11 Å². The van der Waals surface area contributed by atoms with E-state index in [1.165, 1.54) is 6.07 Å². The molecule has 0 atom stereocenters. The number of aromatic nitrogens is 1. The molecule has 14 heavy (non-hydrogen) atoms. The van der Waals surface area contributed by atoms with E-state index in [0.29, 0.717) is 0 Å². The molecule has 0 bridgehead atoms. The molecule has 0 saturated carbocycles. The van der Waals surface area contributed by atoms with Crippen LogP contribution < -0.4 is 5.56 Å². The van der Waals surface area contributed by atoms with Gasteiger partial charge in [-0.1, -0.05) is 12.2 Å². The molecule has 3 heteroatoms. The Labute approximate surface area is 82.3 Å². The van der Waals surface area contributed by atoms with E-state index >= 15 is 0 Å². The summed E-state index contributed by atoms with van der Waals surface area (Å²) in [6.07, 6.45) is 6.82. The van der Waals surface area contributed by atoms with Crippen LogP contribution in [0, 0.1) is 0 Å². The molecule has 1 aliphatic carbocycles. The Balaban J connectivity index is 2.73. The SMILES string of the molecule is Cn1c2c(c(O)cc1=O)C=CCCC2. The summed E-state index contributed by atoms with van der Waals surface area (Å²) in [6, 6.07) is 1.27. The Morgan fingerprint density at radius 1 is 1.50 bits per heavy atom. The number of rotatable bonds is 0. The predicted octanol–water partition coefficient (Wildman–Crippen LogP) is 1.44. The first-order chi connectivity index (χ1) is 6.70. The lowest BCUT2D eigenvalue weighted by molar-refractivity contribution is 0.468. The Morgan fingerprint density at radius 3 is 3.07 bits per heavy atom. The van der Waals surface area contributed by atoms with Gasteiger partial charge in [-0.2, -0.15) is 0 Å². The van der Waals surface area contributed by atoms with Gasteiger partial charge in [0.1, 0.15) is 5.75 Å². The molecule has 1 aliphatic rings. The van der Waals surface area contributed by atoms with Gasteiger partial charge in [0, 0.05) is 24.4 Å². The molecule has 1 aromatic rings. The largest absolute Gasteiger partial charge is 0.507 e. The van der Waals surface area contributed by atoms with Gasteiger partial charge in [-0.3, -0.25) is 4.79 Å². The minimum atomic E-state index is -0.142. The highest BCUT2D eigenvalue weighted by atomic mass is 16.3. The minimum absolute atomic E-state index is 0.0984. The van der Waals surface area contributed by atoms with Gasteiger partial charge in [-0.25, -0.2) is 0 Å². The van der Waals surface area contributed by atoms with E-state index < -0.39 is 0 Å². The van der Waals surface area contributed by atoms with Crippen LogP contribution in [-0.2, 0) is 13.5 Å². The Bertz CT molecular complexity index is 443. The van der Waals surface area contributed by atoms with Crippen LogP contribution in [0.1, 0.15) is 24.1 Å². The molecule has 0 spiro atoms. The minimum Gasteiger partial charge on any atom is -0.507 e. The summed E-state index contributed by atoms with van der Waals surface area (Å²) >= 11 is 0. The van der Waals surface area contributed by atoms with Crippen molar-refractivity contribution in [2.45, 2.75) is 19.3 Å². The zero-order valence-electron chi connectivity index (χ0n) is 8.16. The molecule has 0 aliphatic heterocycles. The van der Waals surface area contributed by atoms with Gasteiger partial charge < -0.3 is 9.67 Å². The molecule has 0 amide bonds. The van der Waals surface area contributed by atoms with Gasteiger partial charge in [0.05, 0.1) is 0 Å². The molecule has 2 rings (SSSR count). The number of pyridine rings is 1. The second kappa shape index (κ2) is 3.33. The van der Waals surface area contributed by atoms with Crippen LogP contribution in [0.25, 0.3) is 6.08 Å². The molecular formula is C11H13NO2. The molecule has 1 heterocycles. The summed E-state index contributed by atoms with van der Waals surface area (Å²) in [6.45, 7) is 0. The zero-order valence-corrected chi connectivity index (χ0v) is 8.16. The van der Waals surface area contributed by atoms with E-state index in [-0.39, 0.29) is 11.3 Å². The highest BCUT2D eigenvalue weighted by molar-refractivity contribution is 5.59. The summed E-state index contributed by atoms with van der Waals surface area (Å²) in [5.74, 6) is 0.0984. The first kappa shape index (κ1) is 9.06. The smallest absolute Gasteiger partial charge is 0.254 e. The average molecular weight is 191 g/mol. The Morgan fingerprint density at radius 2 is 2.29 bits per heavy atom.